The van der Waals surface area contributed by atoms with Crippen LogP contribution in [0.5, 0.6) is 5.75 Å². The molecule has 2 aromatic rings. The highest BCUT2D eigenvalue weighted by molar-refractivity contribution is 7.90. The molecule has 154 valence electrons. The number of hydrogen-bond acceptors (Lipinski definition) is 5. The Hall–Kier alpha value is -1.36. The maximum atomic E-state index is 12.7. The molecule has 0 radical (unpaired) electrons. The lowest BCUT2D eigenvalue weighted by Gasteiger charge is -2.30. The number of sulfonamides is 1. The average molecular weight is 455 g/mol. The monoisotopic (exact) mass is 454 g/mol. The molecule has 0 unspecified atom stereocenters. The standard InChI is InChI=1S/C17H18ClF3N2O3S2/c1-11-15(10-26-14-4-2-3-13(18)9-14)27-16(22-11)12-5-7-23(8-6-12)28(24,25)17(19,20)21/h2-4,9,12H,5-8,10H2,1H3. The predicted molar refractivity (Wildman–Crippen MR) is 101 cm³/mol. The molecule has 1 saturated heterocycles. The Balaban J connectivity index is 1.63. The highest BCUT2D eigenvalue weighted by Gasteiger charge is 2.50. The van der Waals surface area contributed by atoms with E-state index in [2.05, 4.69) is 4.98 Å². The van der Waals surface area contributed by atoms with Crippen LogP contribution in [0.2, 0.25) is 5.02 Å². The van der Waals surface area contributed by atoms with Crippen LogP contribution in [0, 0.1) is 6.92 Å². The average Bonchev–Trinajstić information content (AvgIpc) is 3.00. The van der Waals surface area contributed by atoms with Crippen molar-refractivity contribution in [2.75, 3.05) is 13.1 Å². The van der Waals surface area contributed by atoms with Crippen molar-refractivity contribution in [2.45, 2.75) is 37.8 Å². The zero-order valence-electron chi connectivity index (χ0n) is 14.9. The van der Waals surface area contributed by atoms with Crippen molar-refractivity contribution in [3.63, 3.8) is 0 Å². The number of ether oxygens (including phenoxy) is 1. The highest BCUT2D eigenvalue weighted by Crippen LogP contribution is 2.36. The van der Waals surface area contributed by atoms with Crippen LogP contribution in [0.15, 0.2) is 24.3 Å². The molecule has 1 fully saturated rings. The summed E-state index contributed by atoms with van der Waals surface area (Å²) in [6.07, 6.45) is 0.605. The molecule has 1 aromatic carbocycles. The summed E-state index contributed by atoms with van der Waals surface area (Å²) in [6, 6.07) is 7.02. The minimum atomic E-state index is -5.27. The SMILES string of the molecule is Cc1nc(C2CCN(S(=O)(=O)C(F)(F)F)CC2)sc1COc1cccc(Cl)c1. The molecule has 1 aliphatic rings. The first-order valence-electron chi connectivity index (χ1n) is 8.49. The number of piperidine rings is 1. The number of aromatic nitrogens is 1. The largest absolute Gasteiger partial charge is 0.511 e. The van der Waals surface area contributed by atoms with E-state index in [4.69, 9.17) is 16.3 Å². The van der Waals surface area contributed by atoms with Crippen molar-refractivity contribution in [2.24, 2.45) is 0 Å². The van der Waals surface area contributed by atoms with Crippen molar-refractivity contribution < 1.29 is 26.3 Å². The molecule has 1 aromatic heterocycles. The van der Waals surface area contributed by atoms with E-state index in [1.54, 1.807) is 24.3 Å². The molecule has 0 bridgehead atoms. The predicted octanol–water partition coefficient (Wildman–Crippen LogP) is 4.71. The molecule has 1 aliphatic heterocycles. The summed E-state index contributed by atoms with van der Waals surface area (Å²) in [5, 5.41) is 1.37. The number of thiazole rings is 1. The van der Waals surface area contributed by atoms with Crippen LogP contribution in [-0.4, -0.2) is 36.3 Å². The third-order valence-electron chi connectivity index (χ3n) is 4.51. The first-order valence-corrected chi connectivity index (χ1v) is 11.1. The quantitative estimate of drug-likeness (QED) is 0.656. The van der Waals surface area contributed by atoms with E-state index in [9.17, 15) is 21.6 Å². The van der Waals surface area contributed by atoms with Gasteiger partial charge in [-0.1, -0.05) is 17.7 Å². The highest BCUT2D eigenvalue weighted by atomic mass is 35.5. The molecule has 0 amide bonds. The van der Waals surface area contributed by atoms with Crippen LogP contribution in [0.1, 0.15) is 34.3 Å². The van der Waals surface area contributed by atoms with Crippen LogP contribution < -0.4 is 4.74 Å². The van der Waals surface area contributed by atoms with E-state index < -0.39 is 15.5 Å². The van der Waals surface area contributed by atoms with Crippen LogP contribution in [-0.2, 0) is 16.6 Å². The van der Waals surface area contributed by atoms with E-state index in [0.29, 0.717) is 34.5 Å². The van der Waals surface area contributed by atoms with Crippen LogP contribution in [0.3, 0.4) is 0 Å². The van der Waals surface area contributed by atoms with Gasteiger partial charge in [0, 0.05) is 24.0 Å². The second-order valence-corrected chi connectivity index (χ2v) is 9.91. The number of hydrogen-bond donors (Lipinski definition) is 0. The summed E-state index contributed by atoms with van der Waals surface area (Å²) < 4.78 is 67.3. The first kappa shape index (κ1) is 21.4. The van der Waals surface area contributed by atoms with Gasteiger partial charge in [0.25, 0.3) is 0 Å². The lowest BCUT2D eigenvalue weighted by atomic mass is 9.99. The smallest absolute Gasteiger partial charge is 0.488 e. The molecule has 0 N–H and O–H groups in total. The van der Waals surface area contributed by atoms with Gasteiger partial charge >= 0.3 is 15.5 Å². The summed E-state index contributed by atoms with van der Waals surface area (Å²) in [5.74, 6) is 0.566. The van der Waals surface area contributed by atoms with Crippen LogP contribution >= 0.6 is 22.9 Å². The van der Waals surface area contributed by atoms with Crippen LogP contribution in [0.4, 0.5) is 13.2 Å². The molecular formula is C17H18ClF3N2O3S2. The Morgan fingerprint density at radius 1 is 1.32 bits per heavy atom. The van der Waals surface area contributed by atoms with Gasteiger partial charge in [-0.3, -0.25) is 0 Å². The number of aryl methyl sites for hydroxylation is 1. The second-order valence-electron chi connectivity index (χ2n) is 6.43. The lowest BCUT2D eigenvalue weighted by molar-refractivity contribution is -0.0494. The molecule has 0 atom stereocenters. The third-order valence-corrected chi connectivity index (χ3v) is 7.67. The molecule has 3 rings (SSSR count). The first-order chi connectivity index (χ1) is 13.1. The van der Waals surface area contributed by atoms with E-state index >= 15 is 0 Å². The molecule has 0 spiro atoms. The molecule has 2 heterocycles. The zero-order valence-corrected chi connectivity index (χ0v) is 17.3. The summed E-state index contributed by atoms with van der Waals surface area (Å²) in [7, 11) is -5.27. The van der Waals surface area contributed by atoms with Crippen LogP contribution in [0.25, 0.3) is 0 Å². The Kier molecular flexibility index (Phi) is 6.23. The molecule has 0 saturated carbocycles. The Morgan fingerprint density at radius 2 is 2.00 bits per heavy atom. The van der Waals surface area contributed by atoms with Crippen molar-refractivity contribution in [3.8, 4) is 5.75 Å². The van der Waals surface area contributed by atoms with Crippen molar-refractivity contribution in [3.05, 3.63) is 44.9 Å². The van der Waals surface area contributed by atoms with Crippen molar-refractivity contribution >= 4 is 33.0 Å². The third kappa shape index (κ3) is 4.61. The summed E-state index contributed by atoms with van der Waals surface area (Å²) in [6.45, 7) is 1.82. The second kappa shape index (κ2) is 8.17. The van der Waals surface area contributed by atoms with Gasteiger partial charge in [0.2, 0.25) is 0 Å². The molecule has 0 aliphatic carbocycles. The van der Waals surface area contributed by atoms with E-state index in [0.717, 1.165) is 15.6 Å². The lowest BCUT2D eigenvalue weighted by Crippen LogP contribution is -2.44. The summed E-state index contributed by atoms with van der Waals surface area (Å²) in [5.41, 5.74) is -4.46. The fraction of sp³-hybridized carbons (Fsp3) is 0.471. The molecule has 11 heteroatoms. The fourth-order valence-corrected chi connectivity index (χ4v) is 5.27. The fourth-order valence-electron chi connectivity index (χ4n) is 2.95. The maximum Gasteiger partial charge on any atom is 0.511 e. The topological polar surface area (TPSA) is 59.5 Å². The van der Waals surface area contributed by atoms with E-state index in [1.807, 2.05) is 6.92 Å². The number of benzene rings is 1. The van der Waals surface area contributed by atoms with E-state index in [1.165, 1.54) is 11.3 Å². The van der Waals surface area contributed by atoms with E-state index in [-0.39, 0.29) is 19.0 Å². The van der Waals surface area contributed by atoms with Gasteiger partial charge in [0.05, 0.1) is 15.6 Å². The Morgan fingerprint density at radius 3 is 2.61 bits per heavy atom. The van der Waals surface area contributed by atoms with Crippen molar-refractivity contribution in [1.82, 2.24) is 9.29 Å². The molecule has 5 nitrogen and oxygen atoms in total. The molecule has 28 heavy (non-hydrogen) atoms. The summed E-state index contributed by atoms with van der Waals surface area (Å²) in [4.78, 5) is 5.44. The number of halogens is 4. The van der Waals surface area contributed by atoms with Gasteiger partial charge in [0.15, 0.2) is 0 Å². The maximum absolute atomic E-state index is 12.7. The summed E-state index contributed by atoms with van der Waals surface area (Å²) >= 11 is 7.37. The number of rotatable bonds is 5. The minimum absolute atomic E-state index is 0.0664. The minimum Gasteiger partial charge on any atom is -0.488 e. The normalized spacial score (nSPS) is 17.0. The van der Waals surface area contributed by atoms with Crippen molar-refractivity contribution in [1.29, 1.82) is 0 Å². The zero-order chi connectivity index (χ0) is 20.5. The van der Waals surface area contributed by atoms with Gasteiger partial charge in [0.1, 0.15) is 12.4 Å². The van der Waals surface area contributed by atoms with Gasteiger partial charge in [-0.25, -0.2) is 13.4 Å². The van der Waals surface area contributed by atoms with Gasteiger partial charge in [-0.2, -0.15) is 17.5 Å². The Bertz CT molecular complexity index is 939. The van der Waals surface area contributed by atoms with Gasteiger partial charge in [-0.05, 0) is 38.0 Å². The van der Waals surface area contributed by atoms with Gasteiger partial charge in [-0.15, -0.1) is 11.3 Å². The Labute approximate surface area is 170 Å². The molecular weight excluding hydrogens is 437 g/mol. The van der Waals surface area contributed by atoms with Gasteiger partial charge < -0.3 is 4.74 Å². The number of alkyl halides is 3. The number of nitrogens with zero attached hydrogens (tertiary/aromatic N) is 2.